The van der Waals surface area contributed by atoms with E-state index >= 15 is 0 Å². The van der Waals surface area contributed by atoms with Gasteiger partial charge in [-0.25, -0.2) is 13.4 Å². The van der Waals surface area contributed by atoms with E-state index in [0.717, 1.165) is 47.5 Å². The molecule has 8 nitrogen and oxygen atoms in total. The number of nitrogens with one attached hydrogen (secondary N) is 2. The Morgan fingerprint density at radius 2 is 1.87 bits per heavy atom. The molecular formula is C20H20N4O4S3. The minimum absolute atomic E-state index is 0.0513. The lowest BCUT2D eigenvalue weighted by atomic mass is 9.95. The van der Waals surface area contributed by atoms with E-state index in [-0.39, 0.29) is 22.4 Å². The molecule has 2 heterocycles. The summed E-state index contributed by atoms with van der Waals surface area (Å²) in [5.41, 5.74) is 7.34. The fourth-order valence-electron chi connectivity index (χ4n) is 3.46. The van der Waals surface area contributed by atoms with Crippen LogP contribution in [0.5, 0.6) is 0 Å². The molecule has 11 heteroatoms. The minimum atomic E-state index is -3.75. The maximum Gasteiger partial charge on any atom is 0.263 e. The van der Waals surface area contributed by atoms with Gasteiger partial charge in [-0.15, -0.1) is 22.7 Å². The van der Waals surface area contributed by atoms with Crippen LogP contribution < -0.4 is 15.8 Å². The van der Waals surface area contributed by atoms with Crippen LogP contribution in [0.4, 0.5) is 10.1 Å². The highest BCUT2D eigenvalue weighted by Crippen LogP contribution is 2.38. The van der Waals surface area contributed by atoms with Gasteiger partial charge in [0.15, 0.2) is 5.13 Å². The quantitative estimate of drug-likeness (QED) is 0.482. The third-order valence-electron chi connectivity index (χ3n) is 4.84. The lowest BCUT2D eigenvalue weighted by molar-refractivity contribution is -0.115. The average Bonchev–Trinajstić information content (AvgIpc) is 3.31. The molecule has 4 rings (SSSR count). The number of carbonyl (C=O) groups excluding carboxylic acids is 2. The van der Waals surface area contributed by atoms with Crippen LogP contribution in [0.1, 0.15) is 39.3 Å². The zero-order valence-corrected chi connectivity index (χ0v) is 18.8. The van der Waals surface area contributed by atoms with Crippen molar-refractivity contribution in [2.45, 2.75) is 37.0 Å². The lowest BCUT2D eigenvalue weighted by Gasteiger charge is -2.11. The fraction of sp³-hybridized carbons (Fsp3) is 0.250. The number of nitrogens with two attached hydrogens (primary N) is 1. The van der Waals surface area contributed by atoms with Crippen LogP contribution in [0.2, 0.25) is 0 Å². The van der Waals surface area contributed by atoms with Crippen LogP contribution in [0.15, 0.2) is 40.6 Å². The molecule has 0 atom stereocenters. The van der Waals surface area contributed by atoms with Gasteiger partial charge in [-0.3, -0.25) is 14.3 Å². The van der Waals surface area contributed by atoms with Crippen LogP contribution in [0, 0.1) is 0 Å². The predicted molar refractivity (Wildman–Crippen MR) is 121 cm³/mol. The van der Waals surface area contributed by atoms with E-state index in [1.165, 1.54) is 23.5 Å². The largest absolute Gasteiger partial charge is 0.365 e. The van der Waals surface area contributed by atoms with Crippen molar-refractivity contribution in [1.29, 1.82) is 0 Å². The number of aromatic nitrogens is 1. The van der Waals surface area contributed by atoms with Crippen LogP contribution in [-0.2, 0) is 34.1 Å². The maximum absolute atomic E-state index is 12.6. The van der Waals surface area contributed by atoms with Crippen molar-refractivity contribution in [3.8, 4) is 0 Å². The van der Waals surface area contributed by atoms with Crippen molar-refractivity contribution in [3.63, 3.8) is 0 Å². The number of benzene rings is 1. The SMILES string of the molecule is NC(=O)c1c(NC(=O)Cc2csc(NS(=O)(=O)c3ccccc3)n2)sc2c1CCCC2. The first-order chi connectivity index (χ1) is 14.8. The molecule has 0 bridgehead atoms. The number of aryl methyl sites for hydroxylation is 1. The third kappa shape index (κ3) is 4.78. The molecule has 0 aliphatic heterocycles. The Labute approximate surface area is 187 Å². The summed E-state index contributed by atoms with van der Waals surface area (Å²) in [4.78, 5) is 29.9. The highest BCUT2D eigenvalue weighted by Gasteiger charge is 2.25. The van der Waals surface area contributed by atoms with E-state index in [1.54, 1.807) is 23.6 Å². The Morgan fingerprint density at radius 1 is 1.13 bits per heavy atom. The summed E-state index contributed by atoms with van der Waals surface area (Å²) in [5.74, 6) is -0.884. The third-order valence-corrected chi connectivity index (χ3v) is 8.34. The molecule has 0 unspecified atom stereocenters. The molecule has 1 aromatic carbocycles. The van der Waals surface area contributed by atoms with E-state index in [4.69, 9.17) is 5.73 Å². The Bertz CT molecular complexity index is 1230. The molecule has 162 valence electrons. The number of anilines is 2. The zero-order valence-electron chi connectivity index (χ0n) is 16.4. The van der Waals surface area contributed by atoms with Crippen molar-refractivity contribution in [2.24, 2.45) is 5.73 Å². The number of thiophene rings is 1. The van der Waals surface area contributed by atoms with Crippen LogP contribution in [-0.4, -0.2) is 25.2 Å². The van der Waals surface area contributed by atoms with Gasteiger partial charge >= 0.3 is 0 Å². The average molecular weight is 477 g/mol. The summed E-state index contributed by atoms with van der Waals surface area (Å²) >= 11 is 2.49. The predicted octanol–water partition coefficient (Wildman–Crippen LogP) is 3.16. The molecule has 0 fully saturated rings. The van der Waals surface area contributed by atoms with Crippen LogP contribution in [0.25, 0.3) is 0 Å². The van der Waals surface area contributed by atoms with Gasteiger partial charge in [0.25, 0.3) is 15.9 Å². The standard InChI is InChI=1S/C20H20N4O4S3/c21-18(26)17-14-8-4-5-9-15(14)30-19(17)23-16(25)10-12-11-29-20(22-12)24-31(27,28)13-6-2-1-3-7-13/h1-3,6-7,11H,4-5,8-10H2,(H2,21,26)(H,22,24)(H,23,25). The van der Waals surface area contributed by atoms with E-state index in [0.29, 0.717) is 16.3 Å². The smallest absolute Gasteiger partial charge is 0.263 e. The van der Waals surface area contributed by atoms with Gasteiger partial charge in [-0.05, 0) is 43.4 Å². The molecule has 3 aromatic rings. The van der Waals surface area contributed by atoms with Crippen molar-refractivity contribution >= 4 is 54.6 Å². The summed E-state index contributed by atoms with van der Waals surface area (Å²) in [6.07, 6.45) is 3.67. The molecule has 31 heavy (non-hydrogen) atoms. The lowest BCUT2D eigenvalue weighted by Crippen LogP contribution is -2.19. The number of primary amides is 1. The maximum atomic E-state index is 12.6. The molecule has 1 aliphatic carbocycles. The summed E-state index contributed by atoms with van der Waals surface area (Å²) in [5, 5.41) is 5.06. The topological polar surface area (TPSA) is 131 Å². The Balaban J connectivity index is 1.44. The Kier molecular flexibility index (Phi) is 6.08. The van der Waals surface area contributed by atoms with Gasteiger partial charge in [0.05, 0.1) is 22.6 Å². The van der Waals surface area contributed by atoms with E-state index < -0.39 is 15.9 Å². The van der Waals surface area contributed by atoms with E-state index in [2.05, 4.69) is 15.0 Å². The molecule has 2 amide bonds. The first-order valence-corrected chi connectivity index (χ1v) is 12.8. The number of nitrogens with zero attached hydrogens (tertiary/aromatic N) is 1. The Hall–Kier alpha value is -2.76. The molecule has 2 aromatic heterocycles. The van der Waals surface area contributed by atoms with Gasteiger partial charge in [0.2, 0.25) is 5.91 Å². The monoisotopic (exact) mass is 476 g/mol. The molecule has 0 radical (unpaired) electrons. The normalized spacial score (nSPS) is 13.4. The van der Waals surface area contributed by atoms with Gasteiger partial charge in [-0.1, -0.05) is 18.2 Å². The number of thiazole rings is 1. The molecule has 0 saturated carbocycles. The molecule has 0 spiro atoms. The van der Waals surface area contributed by atoms with Crippen molar-refractivity contribution < 1.29 is 18.0 Å². The van der Waals surface area contributed by atoms with Crippen LogP contribution >= 0.6 is 22.7 Å². The summed E-state index contributed by atoms with van der Waals surface area (Å²) < 4.78 is 27.2. The van der Waals surface area contributed by atoms with E-state index in [1.807, 2.05) is 0 Å². The molecule has 1 aliphatic rings. The number of hydrogen-bond acceptors (Lipinski definition) is 7. The van der Waals surface area contributed by atoms with E-state index in [9.17, 15) is 18.0 Å². The first-order valence-electron chi connectivity index (χ1n) is 9.60. The number of rotatable bonds is 7. The second kappa shape index (κ2) is 8.77. The minimum Gasteiger partial charge on any atom is -0.365 e. The Morgan fingerprint density at radius 3 is 2.61 bits per heavy atom. The van der Waals surface area contributed by atoms with Crippen molar-refractivity contribution in [2.75, 3.05) is 10.0 Å². The highest BCUT2D eigenvalue weighted by molar-refractivity contribution is 7.93. The number of hydrogen-bond donors (Lipinski definition) is 3. The fourth-order valence-corrected chi connectivity index (χ4v) is 6.75. The second-order valence-corrected chi connectivity index (χ2v) is 10.7. The highest BCUT2D eigenvalue weighted by atomic mass is 32.2. The first kappa shape index (κ1) is 21.5. The summed E-state index contributed by atoms with van der Waals surface area (Å²) in [6, 6.07) is 7.97. The zero-order chi connectivity index (χ0) is 22.0. The number of sulfonamides is 1. The van der Waals surface area contributed by atoms with Gasteiger partial charge in [0, 0.05) is 10.3 Å². The summed E-state index contributed by atoms with van der Waals surface area (Å²) in [6.45, 7) is 0. The molecular weight excluding hydrogens is 456 g/mol. The summed E-state index contributed by atoms with van der Waals surface area (Å²) in [7, 11) is -3.75. The second-order valence-electron chi connectivity index (χ2n) is 7.07. The number of carbonyl (C=O) groups is 2. The van der Waals surface area contributed by atoms with Gasteiger partial charge in [0.1, 0.15) is 5.00 Å². The van der Waals surface area contributed by atoms with Crippen molar-refractivity contribution in [1.82, 2.24) is 4.98 Å². The van der Waals surface area contributed by atoms with Gasteiger partial charge < -0.3 is 11.1 Å². The van der Waals surface area contributed by atoms with Crippen LogP contribution in [0.3, 0.4) is 0 Å². The number of fused-ring (bicyclic) bond motifs is 1. The molecule has 0 saturated heterocycles. The van der Waals surface area contributed by atoms with Gasteiger partial charge in [-0.2, -0.15) is 0 Å². The number of amides is 2. The molecule has 4 N–H and O–H groups in total. The van der Waals surface area contributed by atoms with Crippen molar-refractivity contribution in [3.05, 3.63) is 57.4 Å².